The van der Waals surface area contributed by atoms with E-state index in [2.05, 4.69) is 35.8 Å². The molecule has 0 saturated carbocycles. The molecule has 0 saturated heterocycles. The van der Waals surface area contributed by atoms with Gasteiger partial charge in [-0.1, -0.05) is 0 Å². The van der Waals surface area contributed by atoms with Crippen LogP contribution >= 0.6 is 0 Å². The quantitative estimate of drug-likeness (QED) is 0.138. The molecule has 0 radical (unpaired) electrons. The number of hydrogen-bond donors (Lipinski definition) is 5. The average Bonchev–Trinajstić information content (AvgIpc) is 2.85. The minimum atomic E-state index is -4.86. The first-order chi connectivity index (χ1) is 18.7. The molecule has 4 rings (SSSR count). The molecule has 0 spiro atoms. The van der Waals surface area contributed by atoms with Gasteiger partial charge in [-0.3, -0.25) is 9.11 Å². The van der Waals surface area contributed by atoms with Gasteiger partial charge in [-0.15, -0.1) is 0 Å². The monoisotopic (exact) mass is 590 g/mol. The fraction of sp³-hybridized carbons (Fsp3) is 0.174. The van der Waals surface area contributed by atoms with Crippen LogP contribution in [0.1, 0.15) is 12.5 Å². The highest BCUT2D eigenvalue weighted by Crippen LogP contribution is 2.33. The molecule has 4 aromatic rings. The molecule has 0 fully saturated rings. The molecule has 6 N–H and O–H groups in total. The number of anilines is 3. The summed E-state index contributed by atoms with van der Waals surface area (Å²) in [6.45, 7) is 3.68. The summed E-state index contributed by atoms with van der Waals surface area (Å²) in [5.74, 6) is -0.0118. The second-order valence-corrected chi connectivity index (χ2v) is 11.5. The molecule has 1 atom stereocenters. The summed E-state index contributed by atoms with van der Waals surface area (Å²) in [5.41, 5.74) is 7.21. The average molecular weight is 591 g/mol. The number of aryl methyl sites for hydroxylation is 1. The lowest BCUT2D eigenvalue weighted by molar-refractivity contribution is 0.482. The van der Waals surface area contributed by atoms with Crippen molar-refractivity contribution in [2.45, 2.75) is 29.7 Å². The third-order valence-corrected chi connectivity index (χ3v) is 7.09. The summed E-state index contributed by atoms with van der Waals surface area (Å²) in [6, 6.07) is 10.8. The van der Waals surface area contributed by atoms with Crippen LogP contribution in [0.3, 0.4) is 0 Å². The van der Waals surface area contributed by atoms with Crippen molar-refractivity contribution >= 4 is 60.0 Å². The van der Waals surface area contributed by atoms with E-state index in [1.807, 2.05) is 0 Å². The predicted octanol–water partition coefficient (Wildman–Crippen LogP) is 3.88. The molecular formula is C23H23FN8O6S2. The Labute approximate surface area is 228 Å². The lowest BCUT2D eigenvalue weighted by Gasteiger charge is -2.10. The van der Waals surface area contributed by atoms with Crippen molar-refractivity contribution in [3.63, 3.8) is 0 Å². The van der Waals surface area contributed by atoms with E-state index in [0.717, 1.165) is 6.07 Å². The maximum Gasteiger partial charge on any atom is 0.315 e. The lowest BCUT2D eigenvalue weighted by Crippen LogP contribution is -2.26. The van der Waals surface area contributed by atoms with Crippen molar-refractivity contribution in [3.05, 3.63) is 60.2 Å². The Kier molecular flexibility index (Phi) is 8.03. The number of benzene rings is 3. The van der Waals surface area contributed by atoms with Crippen molar-refractivity contribution in [2.75, 3.05) is 17.2 Å². The molecular weight excluding hydrogens is 567 g/mol. The predicted molar refractivity (Wildman–Crippen MR) is 144 cm³/mol. The Hall–Kier alpha value is -4.16. The van der Waals surface area contributed by atoms with Crippen molar-refractivity contribution in [1.29, 1.82) is 0 Å². The van der Waals surface area contributed by atoms with Crippen LogP contribution in [-0.2, 0) is 20.2 Å². The van der Waals surface area contributed by atoms with Crippen molar-refractivity contribution in [3.8, 4) is 0 Å². The number of nitrogens with one attached hydrogen (secondary N) is 2. The summed E-state index contributed by atoms with van der Waals surface area (Å²) in [6.07, 6.45) is -0.980. The SMILES string of the molecule is Cc1cc(N=Nc2ccc(Nc3nc(F)nc(NCC(C)N)n3)cc2)cc2c(S(=O)(=O)O)cc(S(=O)(=O)O)cc12. The van der Waals surface area contributed by atoms with E-state index in [4.69, 9.17) is 5.73 Å². The van der Waals surface area contributed by atoms with Crippen LogP contribution in [0.2, 0.25) is 0 Å². The minimum Gasteiger partial charge on any atom is -0.352 e. The molecule has 1 unspecified atom stereocenters. The van der Waals surface area contributed by atoms with Gasteiger partial charge >= 0.3 is 6.08 Å². The van der Waals surface area contributed by atoms with E-state index >= 15 is 0 Å². The second kappa shape index (κ2) is 11.1. The summed E-state index contributed by atoms with van der Waals surface area (Å²) in [7, 11) is -9.60. The molecule has 0 bridgehead atoms. The molecule has 1 aromatic heterocycles. The molecule has 0 amide bonds. The molecule has 3 aromatic carbocycles. The highest BCUT2D eigenvalue weighted by atomic mass is 32.2. The van der Waals surface area contributed by atoms with E-state index in [9.17, 15) is 30.3 Å². The molecule has 17 heteroatoms. The second-order valence-electron chi connectivity index (χ2n) is 8.71. The zero-order chi connectivity index (χ0) is 29.2. The van der Waals surface area contributed by atoms with E-state index in [1.165, 1.54) is 12.1 Å². The molecule has 0 aliphatic heterocycles. The van der Waals surface area contributed by atoms with E-state index in [0.29, 0.717) is 29.5 Å². The van der Waals surface area contributed by atoms with Crippen LogP contribution in [-0.4, -0.2) is 53.5 Å². The van der Waals surface area contributed by atoms with Gasteiger partial charge in [0.1, 0.15) is 4.90 Å². The summed E-state index contributed by atoms with van der Waals surface area (Å²) in [5, 5.41) is 14.0. The first kappa shape index (κ1) is 28.8. The number of rotatable bonds is 9. The first-order valence-corrected chi connectivity index (χ1v) is 14.3. The summed E-state index contributed by atoms with van der Waals surface area (Å²) in [4.78, 5) is 9.87. The van der Waals surface area contributed by atoms with Gasteiger partial charge in [0.25, 0.3) is 20.2 Å². The summed E-state index contributed by atoms with van der Waals surface area (Å²) < 4.78 is 80.0. The van der Waals surface area contributed by atoms with Gasteiger partial charge in [-0.05, 0) is 73.3 Å². The van der Waals surface area contributed by atoms with Gasteiger partial charge in [0, 0.05) is 23.7 Å². The Morgan fingerprint density at radius 3 is 2.17 bits per heavy atom. The topological polar surface area (TPSA) is 222 Å². The maximum absolute atomic E-state index is 13.8. The first-order valence-electron chi connectivity index (χ1n) is 11.4. The fourth-order valence-electron chi connectivity index (χ4n) is 3.58. The number of hydrogen-bond acceptors (Lipinski definition) is 12. The Balaban J connectivity index is 1.59. The zero-order valence-electron chi connectivity index (χ0n) is 20.9. The van der Waals surface area contributed by atoms with Gasteiger partial charge in [0.15, 0.2) is 0 Å². The molecule has 40 heavy (non-hydrogen) atoms. The molecule has 210 valence electrons. The van der Waals surface area contributed by atoms with Crippen LogP contribution in [0, 0.1) is 13.0 Å². The molecule has 0 aliphatic rings. The third-order valence-electron chi connectivity index (χ3n) is 5.37. The number of azo groups is 1. The lowest BCUT2D eigenvalue weighted by atomic mass is 10.0. The molecule has 0 aliphatic carbocycles. The molecule has 14 nitrogen and oxygen atoms in total. The van der Waals surface area contributed by atoms with Crippen LogP contribution in [0.5, 0.6) is 0 Å². The number of aromatic nitrogens is 3. The number of nitrogens with two attached hydrogens (primary N) is 1. The zero-order valence-corrected chi connectivity index (χ0v) is 22.6. The van der Waals surface area contributed by atoms with Gasteiger partial charge in [-0.2, -0.15) is 46.4 Å². The molecule has 1 heterocycles. The van der Waals surface area contributed by atoms with Gasteiger partial charge in [-0.25, -0.2) is 0 Å². The van der Waals surface area contributed by atoms with E-state index in [1.54, 1.807) is 38.1 Å². The number of fused-ring (bicyclic) bond motifs is 1. The normalized spacial score (nSPS) is 13.1. The van der Waals surface area contributed by atoms with Gasteiger partial charge in [0.05, 0.1) is 16.3 Å². The van der Waals surface area contributed by atoms with Gasteiger partial charge in [0.2, 0.25) is 11.9 Å². The standard InChI is InChI=1S/C23H23FN8O6S2/c1-12-7-16(8-19-18(12)9-17(39(33,34)35)10-20(19)40(36,37)38)32-31-15-5-3-14(4-6-15)27-23-29-21(24)28-22(30-23)26-11-13(2)25/h3-10,13H,11,25H2,1-2H3,(H,33,34,35)(H,36,37,38)(H2,26,27,28,29,30). The van der Waals surface area contributed by atoms with Crippen molar-refractivity contribution in [1.82, 2.24) is 15.0 Å². The smallest absolute Gasteiger partial charge is 0.315 e. The minimum absolute atomic E-state index is 0.0113. The van der Waals surface area contributed by atoms with Crippen molar-refractivity contribution in [2.24, 2.45) is 16.0 Å². The van der Waals surface area contributed by atoms with Crippen LogP contribution in [0.15, 0.2) is 68.6 Å². The summed E-state index contributed by atoms with van der Waals surface area (Å²) >= 11 is 0. The maximum atomic E-state index is 13.8. The highest BCUT2D eigenvalue weighted by Gasteiger charge is 2.21. The Bertz CT molecular complexity index is 1830. The van der Waals surface area contributed by atoms with E-state index < -0.39 is 36.1 Å². The van der Waals surface area contributed by atoms with E-state index in [-0.39, 0.29) is 34.4 Å². The fourth-order valence-corrected chi connectivity index (χ4v) is 4.91. The third kappa shape index (κ3) is 7.07. The van der Waals surface area contributed by atoms with Crippen molar-refractivity contribution < 1.29 is 30.3 Å². The number of nitrogens with zero attached hydrogens (tertiary/aromatic N) is 5. The van der Waals surface area contributed by atoms with Crippen LogP contribution in [0.25, 0.3) is 10.8 Å². The van der Waals surface area contributed by atoms with Crippen LogP contribution < -0.4 is 16.4 Å². The largest absolute Gasteiger partial charge is 0.352 e. The highest BCUT2D eigenvalue weighted by molar-refractivity contribution is 7.86. The van der Waals surface area contributed by atoms with Crippen LogP contribution in [0.4, 0.5) is 33.3 Å². The Morgan fingerprint density at radius 2 is 1.55 bits per heavy atom. The number of halogens is 1. The Morgan fingerprint density at radius 1 is 0.900 bits per heavy atom. The van der Waals surface area contributed by atoms with Gasteiger partial charge < -0.3 is 16.4 Å².